The van der Waals surface area contributed by atoms with E-state index in [0.29, 0.717) is 23.8 Å². The van der Waals surface area contributed by atoms with Crippen molar-refractivity contribution in [2.24, 2.45) is 11.1 Å². The van der Waals surface area contributed by atoms with Crippen LogP contribution < -0.4 is 25.3 Å². The number of nitrogens with two attached hydrogens (primary N) is 1. The topological polar surface area (TPSA) is 82.8 Å². The number of hydrogen-bond acceptors (Lipinski definition) is 5. The zero-order chi connectivity index (χ0) is 16.9. The van der Waals surface area contributed by atoms with Gasteiger partial charge in [0.05, 0.1) is 27.4 Å². The number of methoxy groups -OCH3 is 3. The van der Waals surface area contributed by atoms with Crippen LogP contribution >= 0.6 is 12.4 Å². The zero-order valence-electron chi connectivity index (χ0n) is 14.6. The first-order valence-electron chi connectivity index (χ1n) is 7.06. The summed E-state index contributed by atoms with van der Waals surface area (Å²) in [7, 11) is 4.65. The van der Waals surface area contributed by atoms with E-state index < -0.39 is 6.04 Å². The summed E-state index contributed by atoms with van der Waals surface area (Å²) in [5.41, 5.74) is 6.48. The summed E-state index contributed by atoms with van der Waals surface area (Å²) in [6.45, 7) is 6.11. The van der Waals surface area contributed by atoms with Crippen molar-refractivity contribution in [3.8, 4) is 17.2 Å². The van der Waals surface area contributed by atoms with Gasteiger partial charge in [-0.3, -0.25) is 4.79 Å². The molecule has 0 aromatic heterocycles. The van der Waals surface area contributed by atoms with Crippen LogP contribution in [0.15, 0.2) is 12.1 Å². The van der Waals surface area contributed by atoms with E-state index in [0.717, 1.165) is 5.56 Å². The van der Waals surface area contributed by atoms with Gasteiger partial charge in [-0.05, 0) is 23.1 Å². The number of amides is 1. The summed E-state index contributed by atoms with van der Waals surface area (Å²) in [6, 6.07) is 3.02. The fourth-order valence-corrected chi connectivity index (χ4v) is 1.93. The lowest BCUT2D eigenvalue weighted by atomic mass is 9.87. The van der Waals surface area contributed by atoms with Gasteiger partial charge in [0, 0.05) is 6.54 Å². The van der Waals surface area contributed by atoms with E-state index in [1.807, 2.05) is 20.8 Å². The summed E-state index contributed by atoms with van der Waals surface area (Å²) in [4.78, 5) is 12.1. The molecule has 0 heterocycles. The quantitative estimate of drug-likeness (QED) is 0.824. The fourth-order valence-electron chi connectivity index (χ4n) is 1.93. The Hall–Kier alpha value is -1.66. The second-order valence-corrected chi connectivity index (χ2v) is 6.10. The molecule has 1 amide bonds. The number of rotatable bonds is 6. The van der Waals surface area contributed by atoms with E-state index >= 15 is 0 Å². The van der Waals surface area contributed by atoms with Gasteiger partial charge >= 0.3 is 0 Å². The van der Waals surface area contributed by atoms with Crippen molar-refractivity contribution >= 4 is 18.3 Å². The molecule has 1 aromatic rings. The molecule has 0 saturated carbocycles. The number of carbonyl (C=O) groups is 1. The van der Waals surface area contributed by atoms with Gasteiger partial charge < -0.3 is 25.3 Å². The van der Waals surface area contributed by atoms with Gasteiger partial charge in [0.2, 0.25) is 11.7 Å². The maximum atomic E-state index is 12.1. The zero-order valence-corrected chi connectivity index (χ0v) is 15.4. The molecule has 1 aromatic carbocycles. The summed E-state index contributed by atoms with van der Waals surface area (Å²) in [5.74, 6) is 1.42. The van der Waals surface area contributed by atoms with E-state index in [4.69, 9.17) is 19.9 Å². The van der Waals surface area contributed by atoms with E-state index in [9.17, 15) is 4.79 Å². The van der Waals surface area contributed by atoms with Crippen molar-refractivity contribution < 1.29 is 19.0 Å². The first-order valence-corrected chi connectivity index (χ1v) is 7.06. The molecule has 0 aliphatic carbocycles. The Morgan fingerprint density at radius 1 is 1.13 bits per heavy atom. The predicted molar refractivity (Wildman–Crippen MR) is 92.6 cm³/mol. The second-order valence-electron chi connectivity index (χ2n) is 6.10. The van der Waals surface area contributed by atoms with Crippen LogP contribution in [-0.4, -0.2) is 33.3 Å². The van der Waals surface area contributed by atoms with Crippen molar-refractivity contribution in [1.29, 1.82) is 0 Å². The first-order chi connectivity index (χ1) is 10.2. The highest BCUT2D eigenvalue weighted by atomic mass is 35.5. The number of benzene rings is 1. The second kappa shape index (κ2) is 8.84. The average molecular weight is 347 g/mol. The highest BCUT2D eigenvalue weighted by molar-refractivity contribution is 5.85. The first kappa shape index (κ1) is 21.3. The van der Waals surface area contributed by atoms with Gasteiger partial charge in [-0.15, -0.1) is 12.4 Å². The molecule has 0 fully saturated rings. The van der Waals surface area contributed by atoms with Crippen LogP contribution in [0.4, 0.5) is 0 Å². The monoisotopic (exact) mass is 346 g/mol. The summed E-state index contributed by atoms with van der Waals surface area (Å²) in [5, 5.41) is 2.83. The molecule has 0 unspecified atom stereocenters. The fraction of sp³-hybridized carbons (Fsp3) is 0.562. The molecule has 0 aliphatic rings. The molecule has 0 saturated heterocycles. The maximum absolute atomic E-state index is 12.1. The van der Waals surface area contributed by atoms with Crippen LogP contribution in [0, 0.1) is 5.41 Å². The molecular formula is C16H27ClN2O4. The van der Waals surface area contributed by atoms with Crippen molar-refractivity contribution in [1.82, 2.24) is 5.32 Å². The molecule has 0 aliphatic heterocycles. The van der Waals surface area contributed by atoms with Crippen molar-refractivity contribution in [2.75, 3.05) is 21.3 Å². The van der Waals surface area contributed by atoms with Gasteiger partial charge in [-0.2, -0.15) is 0 Å². The van der Waals surface area contributed by atoms with Crippen molar-refractivity contribution in [3.63, 3.8) is 0 Å². The third-order valence-electron chi connectivity index (χ3n) is 3.41. The van der Waals surface area contributed by atoms with Gasteiger partial charge in [-0.1, -0.05) is 20.8 Å². The Bertz CT molecular complexity index is 504. The maximum Gasteiger partial charge on any atom is 0.237 e. The lowest BCUT2D eigenvalue weighted by molar-refractivity contribution is -0.124. The standard InChI is InChI=1S/C16H26N2O4.ClH/c1-16(2,3)14(17)15(19)18-9-10-7-11(20-4)13(22-6)12(8-10)21-5;/h7-8,14H,9,17H2,1-6H3,(H,18,19);1H/t14-;/m1./s1. The molecule has 1 rings (SSSR count). The van der Waals surface area contributed by atoms with Gasteiger partial charge in [0.25, 0.3) is 0 Å². The molecule has 0 bridgehead atoms. The van der Waals surface area contributed by atoms with Crippen LogP contribution in [0.3, 0.4) is 0 Å². The minimum absolute atomic E-state index is 0. The van der Waals surface area contributed by atoms with E-state index in [1.54, 1.807) is 33.5 Å². The number of hydrogen-bond donors (Lipinski definition) is 2. The summed E-state index contributed by atoms with van der Waals surface area (Å²) in [6.07, 6.45) is 0. The van der Waals surface area contributed by atoms with E-state index in [1.165, 1.54) is 0 Å². The number of carbonyl (C=O) groups excluding carboxylic acids is 1. The van der Waals surface area contributed by atoms with E-state index in [-0.39, 0.29) is 23.7 Å². The summed E-state index contributed by atoms with van der Waals surface area (Å²) < 4.78 is 15.8. The smallest absolute Gasteiger partial charge is 0.237 e. The molecule has 23 heavy (non-hydrogen) atoms. The third-order valence-corrected chi connectivity index (χ3v) is 3.41. The molecule has 7 heteroatoms. The molecule has 0 spiro atoms. The average Bonchev–Trinajstić information content (AvgIpc) is 2.49. The van der Waals surface area contributed by atoms with Crippen LogP contribution in [0.1, 0.15) is 26.3 Å². The van der Waals surface area contributed by atoms with Crippen LogP contribution in [0.2, 0.25) is 0 Å². The molecule has 3 N–H and O–H groups in total. The molecular weight excluding hydrogens is 320 g/mol. The normalized spacial score (nSPS) is 12.0. The lowest BCUT2D eigenvalue weighted by Crippen LogP contribution is -2.48. The minimum atomic E-state index is -0.575. The van der Waals surface area contributed by atoms with Gasteiger partial charge in [-0.25, -0.2) is 0 Å². The van der Waals surface area contributed by atoms with E-state index in [2.05, 4.69) is 5.32 Å². The van der Waals surface area contributed by atoms with Crippen molar-refractivity contribution in [3.05, 3.63) is 17.7 Å². The molecule has 6 nitrogen and oxygen atoms in total. The van der Waals surface area contributed by atoms with Crippen LogP contribution in [0.5, 0.6) is 17.2 Å². The summed E-state index contributed by atoms with van der Waals surface area (Å²) >= 11 is 0. The van der Waals surface area contributed by atoms with Gasteiger partial charge in [0.1, 0.15) is 0 Å². The Balaban J connectivity index is 0.00000484. The number of nitrogens with one attached hydrogen (secondary N) is 1. The Morgan fingerprint density at radius 2 is 1.61 bits per heavy atom. The van der Waals surface area contributed by atoms with Crippen LogP contribution in [0.25, 0.3) is 0 Å². The van der Waals surface area contributed by atoms with Gasteiger partial charge in [0.15, 0.2) is 11.5 Å². The molecule has 1 atom stereocenters. The predicted octanol–water partition coefficient (Wildman–Crippen LogP) is 2.12. The third kappa shape index (κ3) is 5.48. The number of halogens is 1. The molecule has 132 valence electrons. The largest absolute Gasteiger partial charge is 0.493 e. The lowest BCUT2D eigenvalue weighted by Gasteiger charge is -2.26. The minimum Gasteiger partial charge on any atom is -0.493 e. The molecule has 0 radical (unpaired) electrons. The highest BCUT2D eigenvalue weighted by Crippen LogP contribution is 2.38. The highest BCUT2D eigenvalue weighted by Gasteiger charge is 2.27. The van der Waals surface area contributed by atoms with Crippen LogP contribution in [-0.2, 0) is 11.3 Å². The Morgan fingerprint density at radius 3 is 1.96 bits per heavy atom. The SMILES string of the molecule is COc1cc(CNC(=O)[C@@H](N)C(C)(C)C)cc(OC)c1OC.Cl. The number of ether oxygens (including phenoxy) is 3. The Labute approximate surface area is 144 Å². The Kier molecular flexibility index (Phi) is 8.20. The van der Waals surface area contributed by atoms with Crippen molar-refractivity contribution in [2.45, 2.75) is 33.4 Å².